The molecular weight excluding hydrogens is 262 g/mol. The Morgan fingerprint density at radius 1 is 1.19 bits per heavy atom. The zero-order chi connectivity index (χ0) is 14.9. The summed E-state index contributed by atoms with van der Waals surface area (Å²) in [6.07, 6.45) is 4.87. The monoisotopic (exact) mass is 285 g/mol. The number of hydrogen-bond acceptors (Lipinski definition) is 2. The summed E-state index contributed by atoms with van der Waals surface area (Å²) in [6.45, 7) is 4.45. The van der Waals surface area contributed by atoms with Crippen LogP contribution in [0, 0.1) is 0 Å². The molecule has 1 heterocycles. The van der Waals surface area contributed by atoms with Crippen LogP contribution in [0.25, 0.3) is 0 Å². The lowest BCUT2D eigenvalue weighted by molar-refractivity contribution is 0.765. The van der Waals surface area contributed by atoms with E-state index in [0.717, 1.165) is 25.5 Å². The number of benzene rings is 1. The molecule has 1 aromatic heterocycles. The highest BCUT2D eigenvalue weighted by molar-refractivity contribution is 5.79. The lowest BCUT2D eigenvalue weighted by Gasteiger charge is -2.10. The van der Waals surface area contributed by atoms with E-state index in [4.69, 9.17) is 0 Å². The summed E-state index contributed by atoms with van der Waals surface area (Å²) in [4.78, 5) is 4.59. The Balaban J connectivity index is 1.83. The first-order valence-corrected chi connectivity index (χ1v) is 7.31. The molecule has 5 nitrogen and oxygen atoms in total. The maximum atomic E-state index is 4.59. The molecule has 0 saturated heterocycles. The molecule has 0 amide bonds. The van der Waals surface area contributed by atoms with Crippen molar-refractivity contribution in [3.05, 3.63) is 53.9 Å². The van der Waals surface area contributed by atoms with Gasteiger partial charge < -0.3 is 10.6 Å². The van der Waals surface area contributed by atoms with Gasteiger partial charge in [-0.15, -0.1) is 0 Å². The van der Waals surface area contributed by atoms with Crippen molar-refractivity contribution in [1.82, 2.24) is 20.4 Å². The molecular formula is C16H23N5. The minimum absolute atomic E-state index is 0.684. The number of aromatic nitrogens is 2. The van der Waals surface area contributed by atoms with Gasteiger partial charge in [0, 0.05) is 26.3 Å². The Labute approximate surface area is 126 Å². The molecule has 1 aromatic carbocycles. The number of guanidine groups is 1. The predicted octanol–water partition coefficient (Wildman–Crippen LogP) is 1.72. The third-order valence-electron chi connectivity index (χ3n) is 3.07. The Hall–Kier alpha value is -2.30. The predicted molar refractivity (Wildman–Crippen MR) is 86.2 cm³/mol. The number of aryl methyl sites for hydroxylation is 1. The van der Waals surface area contributed by atoms with Crippen LogP contribution in [0.3, 0.4) is 0 Å². The minimum atomic E-state index is 0.684. The number of nitrogens with one attached hydrogen (secondary N) is 2. The molecule has 0 fully saturated rings. The van der Waals surface area contributed by atoms with E-state index in [1.165, 1.54) is 11.1 Å². The largest absolute Gasteiger partial charge is 0.357 e. The average Bonchev–Trinajstić information content (AvgIpc) is 2.91. The molecule has 0 bridgehead atoms. The molecule has 0 saturated carbocycles. The fraction of sp³-hybridized carbons (Fsp3) is 0.375. The standard InChI is InChI=1S/C16H23N5/c1-3-17-16(19-11-14-7-5-4-6-8-14)18-10-9-15-12-20-21(2)13-15/h4-8,12-13H,3,9-11H2,1-2H3,(H2,17,18,19). The van der Waals surface area contributed by atoms with E-state index in [1.807, 2.05) is 42.3 Å². The molecule has 112 valence electrons. The van der Waals surface area contributed by atoms with E-state index in [9.17, 15) is 0 Å². The molecule has 0 unspecified atom stereocenters. The van der Waals surface area contributed by atoms with Gasteiger partial charge in [0.15, 0.2) is 5.96 Å². The maximum absolute atomic E-state index is 4.59. The quantitative estimate of drug-likeness (QED) is 0.627. The minimum Gasteiger partial charge on any atom is -0.357 e. The number of aliphatic imine (C=N–C) groups is 1. The highest BCUT2D eigenvalue weighted by atomic mass is 15.2. The smallest absolute Gasteiger partial charge is 0.191 e. The van der Waals surface area contributed by atoms with Gasteiger partial charge in [-0.2, -0.15) is 5.10 Å². The van der Waals surface area contributed by atoms with Crippen LogP contribution < -0.4 is 10.6 Å². The fourth-order valence-electron chi connectivity index (χ4n) is 2.02. The first-order chi connectivity index (χ1) is 10.3. The number of rotatable bonds is 6. The van der Waals surface area contributed by atoms with Crippen LogP contribution in [0.4, 0.5) is 0 Å². The van der Waals surface area contributed by atoms with Gasteiger partial charge in [0.1, 0.15) is 0 Å². The zero-order valence-electron chi connectivity index (χ0n) is 12.7. The summed E-state index contributed by atoms with van der Waals surface area (Å²) in [5.41, 5.74) is 2.44. The maximum Gasteiger partial charge on any atom is 0.191 e. The molecule has 0 spiro atoms. The first-order valence-electron chi connectivity index (χ1n) is 7.31. The first kappa shape index (κ1) is 15.1. The van der Waals surface area contributed by atoms with Crippen molar-refractivity contribution in [3.63, 3.8) is 0 Å². The topological polar surface area (TPSA) is 54.2 Å². The van der Waals surface area contributed by atoms with Crippen molar-refractivity contribution in [2.24, 2.45) is 12.0 Å². The summed E-state index contributed by atoms with van der Waals surface area (Å²) in [5.74, 6) is 0.852. The summed E-state index contributed by atoms with van der Waals surface area (Å²) in [7, 11) is 1.93. The Bertz CT molecular complexity index is 559. The van der Waals surface area contributed by atoms with Gasteiger partial charge in [0.2, 0.25) is 0 Å². The van der Waals surface area contributed by atoms with Crippen molar-refractivity contribution in [1.29, 1.82) is 0 Å². The number of nitrogens with zero attached hydrogens (tertiary/aromatic N) is 3. The van der Waals surface area contributed by atoms with Crippen LogP contribution in [-0.2, 0) is 20.0 Å². The van der Waals surface area contributed by atoms with E-state index >= 15 is 0 Å². The number of hydrogen-bond donors (Lipinski definition) is 2. The summed E-state index contributed by atoms with van der Waals surface area (Å²) < 4.78 is 1.82. The van der Waals surface area contributed by atoms with Gasteiger partial charge in [-0.25, -0.2) is 4.99 Å². The third kappa shape index (κ3) is 5.30. The van der Waals surface area contributed by atoms with Crippen molar-refractivity contribution < 1.29 is 0 Å². The average molecular weight is 285 g/mol. The van der Waals surface area contributed by atoms with Gasteiger partial charge in [-0.1, -0.05) is 30.3 Å². The lowest BCUT2D eigenvalue weighted by atomic mass is 10.2. The second kappa shape index (κ2) is 8.09. The van der Waals surface area contributed by atoms with E-state index in [2.05, 4.69) is 39.8 Å². The SMILES string of the molecule is CCNC(=NCc1ccccc1)NCCc1cnn(C)c1. The highest BCUT2D eigenvalue weighted by Crippen LogP contribution is 2.00. The van der Waals surface area contributed by atoms with Crippen molar-refractivity contribution in [2.45, 2.75) is 19.9 Å². The van der Waals surface area contributed by atoms with Gasteiger partial charge >= 0.3 is 0 Å². The Morgan fingerprint density at radius 2 is 2.00 bits per heavy atom. The lowest BCUT2D eigenvalue weighted by Crippen LogP contribution is -2.38. The van der Waals surface area contributed by atoms with Crippen LogP contribution in [0.15, 0.2) is 47.7 Å². The summed E-state index contributed by atoms with van der Waals surface area (Å²) >= 11 is 0. The van der Waals surface area contributed by atoms with Crippen LogP contribution in [-0.4, -0.2) is 28.8 Å². The molecule has 2 N–H and O–H groups in total. The second-order valence-corrected chi connectivity index (χ2v) is 4.88. The zero-order valence-corrected chi connectivity index (χ0v) is 12.7. The van der Waals surface area contributed by atoms with Gasteiger partial charge in [-0.05, 0) is 24.5 Å². The summed E-state index contributed by atoms with van der Waals surface area (Å²) in [6, 6.07) is 10.3. The molecule has 0 aliphatic rings. The van der Waals surface area contributed by atoms with E-state index < -0.39 is 0 Å². The molecule has 2 aromatic rings. The molecule has 0 atom stereocenters. The molecule has 5 heteroatoms. The molecule has 2 rings (SSSR count). The van der Waals surface area contributed by atoms with Gasteiger partial charge in [0.05, 0.1) is 12.7 Å². The fourth-order valence-corrected chi connectivity index (χ4v) is 2.02. The van der Waals surface area contributed by atoms with Crippen LogP contribution in [0.2, 0.25) is 0 Å². The van der Waals surface area contributed by atoms with E-state index in [-0.39, 0.29) is 0 Å². The summed E-state index contributed by atoms with van der Waals surface area (Å²) in [5, 5.41) is 10.8. The van der Waals surface area contributed by atoms with Gasteiger partial charge in [0.25, 0.3) is 0 Å². The van der Waals surface area contributed by atoms with E-state index in [0.29, 0.717) is 6.54 Å². The second-order valence-electron chi connectivity index (χ2n) is 4.88. The van der Waals surface area contributed by atoms with Crippen LogP contribution in [0.5, 0.6) is 0 Å². The molecule has 21 heavy (non-hydrogen) atoms. The Morgan fingerprint density at radius 3 is 2.67 bits per heavy atom. The van der Waals surface area contributed by atoms with Crippen LogP contribution in [0.1, 0.15) is 18.1 Å². The van der Waals surface area contributed by atoms with Crippen molar-refractivity contribution >= 4 is 5.96 Å². The highest BCUT2D eigenvalue weighted by Gasteiger charge is 1.99. The molecule has 0 radical (unpaired) electrons. The van der Waals surface area contributed by atoms with Crippen LogP contribution >= 0.6 is 0 Å². The van der Waals surface area contributed by atoms with Gasteiger partial charge in [-0.3, -0.25) is 4.68 Å². The normalized spacial score (nSPS) is 11.4. The molecule has 0 aliphatic heterocycles. The third-order valence-corrected chi connectivity index (χ3v) is 3.07. The Kier molecular flexibility index (Phi) is 5.82. The van der Waals surface area contributed by atoms with Crippen molar-refractivity contribution in [2.75, 3.05) is 13.1 Å². The van der Waals surface area contributed by atoms with E-state index in [1.54, 1.807) is 0 Å². The molecule has 0 aliphatic carbocycles. The van der Waals surface area contributed by atoms with Crippen molar-refractivity contribution in [3.8, 4) is 0 Å².